The zero-order valence-electron chi connectivity index (χ0n) is 10.2. The van der Waals surface area contributed by atoms with Crippen LogP contribution >= 0.6 is 0 Å². The zero-order chi connectivity index (χ0) is 11.4. The van der Waals surface area contributed by atoms with E-state index in [2.05, 4.69) is 33.4 Å². The molecule has 0 bridgehead atoms. The molecule has 0 fully saturated rings. The zero-order valence-corrected chi connectivity index (χ0v) is 10.2. The van der Waals surface area contributed by atoms with Crippen LogP contribution in [0.1, 0.15) is 47.5 Å². The molecule has 1 unspecified atom stereocenters. The molecule has 82 valence electrons. The predicted molar refractivity (Wildman–Crippen MR) is 63.3 cm³/mol. The van der Waals surface area contributed by atoms with Crippen molar-refractivity contribution in [1.82, 2.24) is 0 Å². The Bertz CT molecular complexity index is 216. The van der Waals surface area contributed by atoms with Crippen molar-refractivity contribution in [2.75, 3.05) is 0 Å². The van der Waals surface area contributed by atoms with Crippen LogP contribution in [-0.2, 0) is 0 Å². The van der Waals surface area contributed by atoms with E-state index in [0.29, 0.717) is 0 Å². The lowest BCUT2D eigenvalue weighted by Crippen LogP contribution is -2.39. The molecular weight excluding hydrogens is 172 g/mol. The summed E-state index contributed by atoms with van der Waals surface area (Å²) < 4.78 is 0. The van der Waals surface area contributed by atoms with Crippen molar-refractivity contribution in [1.29, 1.82) is 0 Å². The first-order valence-electron chi connectivity index (χ1n) is 5.22. The first-order valence-corrected chi connectivity index (χ1v) is 5.22. The van der Waals surface area contributed by atoms with Crippen LogP contribution in [0.2, 0.25) is 0 Å². The molecule has 0 aliphatic rings. The molecule has 1 heteroatoms. The third kappa shape index (κ3) is 3.67. The van der Waals surface area contributed by atoms with Gasteiger partial charge in [0.2, 0.25) is 0 Å². The summed E-state index contributed by atoms with van der Waals surface area (Å²) in [5.74, 6) is 0. The molecule has 0 aromatic carbocycles. The van der Waals surface area contributed by atoms with Gasteiger partial charge in [0.05, 0.1) is 5.60 Å². The second kappa shape index (κ2) is 4.79. The standard InChI is InChI=1S/C13H24O/c1-7-13(6,12(4,5)14)10-8-9-11(2)3/h7,9,14H,1,8,10H2,2-6H3. The van der Waals surface area contributed by atoms with Crippen LogP contribution in [0.3, 0.4) is 0 Å². The Kier molecular flexibility index (Phi) is 4.60. The summed E-state index contributed by atoms with van der Waals surface area (Å²) in [5.41, 5.74) is 0.413. The number of aliphatic hydroxyl groups is 1. The lowest BCUT2D eigenvalue weighted by molar-refractivity contribution is -0.0211. The van der Waals surface area contributed by atoms with E-state index in [4.69, 9.17) is 0 Å². The van der Waals surface area contributed by atoms with Gasteiger partial charge in [-0.1, -0.05) is 24.6 Å². The molecular formula is C13H24O. The molecule has 0 radical (unpaired) electrons. The third-order valence-electron chi connectivity index (χ3n) is 3.06. The highest BCUT2D eigenvalue weighted by atomic mass is 16.3. The molecule has 14 heavy (non-hydrogen) atoms. The van der Waals surface area contributed by atoms with Gasteiger partial charge in [-0.05, 0) is 40.5 Å². The molecule has 0 heterocycles. The maximum atomic E-state index is 10.0. The molecule has 0 rings (SSSR count). The van der Waals surface area contributed by atoms with E-state index >= 15 is 0 Å². The summed E-state index contributed by atoms with van der Waals surface area (Å²) in [4.78, 5) is 0. The summed E-state index contributed by atoms with van der Waals surface area (Å²) in [7, 11) is 0. The van der Waals surface area contributed by atoms with Gasteiger partial charge in [0.25, 0.3) is 0 Å². The minimum absolute atomic E-state index is 0.209. The maximum absolute atomic E-state index is 10.0. The van der Waals surface area contributed by atoms with Crippen molar-refractivity contribution in [2.24, 2.45) is 5.41 Å². The largest absolute Gasteiger partial charge is 0.390 e. The van der Waals surface area contributed by atoms with Gasteiger partial charge in [0.15, 0.2) is 0 Å². The van der Waals surface area contributed by atoms with Crippen molar-refractivity contribution in [2.45, 2.75) is 53.1 Å². The molecule has 1 atom stereocenters. The first kappa shape index (κ1) is 13.4. The normalized spacial score (nSPS) is 15.9. The predicted octanol–water partition coefficient (Wildman–Crippen LogP) is 3.70. The summed E-state index contributed by atoms with van der Waals surface area (Å²) in [6, 6.07) is 0. The Morgan fingerprint density at radius 2 is 1.79 bits per heavy atom. The quantitative estimate of drug-likeness (QED) is 0.665. The molecule has 0 aromatic rings. The van der Waals surface area contributed by atoms with Gasteiger partial charge in [0.1, 0.15) is 0 Å². The van der Waals surface area contributed by atoms with Gasteiger partial charge in [0, 0.05) is 5.41 Å². The molecule has 0 amide bonds. The van der Waals surface area contributed by atoms with Crippen LogP contribution in [0.15, 0.2) is 24.3 Å². The van der Waals surface area contributed by atoms with Crippen LogP contribution in [-0.4, -0.2) is 10.7 Å². The Labute approximate surface area is 88.5 Å². The molecule has 0 spiro atoms. The van der Waals surface area contributed by atoms with Crippen molar-refractivity contribution in [3.05, 3.63) is 24.3 Å². The lowest BCUT2D eigenvalue weighted by Gasteiger charge is -2.38. The topological polar surface area (TPSA) is 20.2 Å². The minimum Gasteiger partial charge on any atom is -0.390 e. The smallest absolute Gasteiger partial charge is 0.0679 e. The molecule has 1 nitrogen and oxygen atoms in total. The van der Waals surface area contributed by atoms with Gasteiger partial charge in [-0.2, -0.15) is 0 Å². The van der Waals surface area contributed by atoms with E-state index in [1.54, 1.807) is 0 Å². The van der Waals surface area contributed by atoms with E-state index in [-0.39, 0.29) is 5.41 Å². The van der Waals surface area contributed by atoms with Gasteiger partial charge >= 0.3 is 0 Å². The van der Waals surface area contributed by atoms with Crippen molar-refractivity contribution >= 4 is 0 Å². The summed E-state index contributed by atoms with van der Waals surface area (Å²) >= 11 is 0. The summed E-state index contributed by atoms with van der Waals surface area (Å²) in [6.07, 6.45) is 6.00. The van der Waals surface area contributed by atoms with Crippen LogP contribution in [0.25, 0.3) is 0 Å². The second-order valence-electron chi connectivity index (χ2n) is 5.00. The maximum Gasteiger partial charge on any atom is 0.0679 e. The van der Waals surface area contributed by atoms with E-state index < -0.39 is 5.60 Å². The number of rotatable bonds is 5. The van der Waals surface area contributed by atoms with E-state index in [9.17, 15) is 5.11 Å². The monoisotopic (exact) mass is 196 g/mol. The molecule has 0 aliphatic carbocycles. The summed E-state index contributed by atoms with van der Waals surface area (Å²) in [5, 5.41) is 10.0. The highest BCUT2D eigenvalue weighted by Gasteiger charge is 2.35. The first-order chi connectivity index (χ1) is 6.23. The van der Waals surface area contributed by atoms with E-state index in [0.717, 1.165) is 12.8 Å². The lowest BCUT2D eigenvalue weighted by atomic mass is 9.72. The van der Waals surface area contributed by atoms with Crippen molar-refractivity contribution in [3.8, 4) is 0 Å². The SMILES string of the molecule is C=CC(C)(CCC=C(C)C)C(C)(C)O. The Balaban J connectivity index is 4.43. The fourth-order valence-corrected chi connectivity index (χ4v) is 1.32. The van der Waals surface area contributed by atoms with Gasteiger partial charge < -0.3 is 5.11 Å². The second-order valence-corrected chi connectivity index (χ2v) is 5.00. The Hall–Kier alpha value is -0.560. The summed E-state index contributed by atoms with van der Waals surface area (Å²) in [6.45, 7) is 13.7. The van der Waals surface area contributed by atoms with Gasteiger partial charge in [-0.25, -0.2) is 0 Å². The molecule has 0 saturated heterocycles. The van der Waals surface area contributed by atoms with E-state index in [1.165, 1.54) is 5.57 Å². The Morgan fingerprint density at radius 3 is 2.07 bits per heavy atom. The molecule has 1 N–H and O–H groups in total. The van der Waals surface area contributed by atoms with Crippen molar-refractivity contribution < 1.29 is 5.11 Å². The van der Waals surface area contributed by atoms with Crippen LogP contribution < -0.4 is 0 Å². The Morgan fingerprint density at radius 1 is 1.29 bits per heavy atom. The third-order valence-corrected chi connectivity index (χ3v) is 3.06. The fraction of sp³-hybridized carbons (Fsp3) is 0.692. The number of allylic oxidation sites excluding steroid dienone is 2. The van der Waals surface area contributed by atoms with Gasteiger partial charge in [-0.15, -0.1) is 6.58 Å². The molecule has 0 saturated carbocycles. The van der Waals surface area contributed by atoms with Crippen LogP contribution in [0.4, 0.5) is 0 Å². The molecule has 0 aliphatic heterocycles. The molecule has 0 aromatic heterocycles. The van der Waals surface area contributed by atoms with Crippen LogP contribution in [0, 0.1) is 5.41 Å². The van der Waals surface area contributed by atoms with Crippen LogP contribution in [0.5, 0.6) is 0 Å². The van der Waals surface area contributed by atoms with E-state index in [1.807, 2.05) is 19.9 Å². The number of hydrogen-bond donors (Lipinski definition) is 1. The highest BCUT2D eigenvalue weighted by Crippen LogP contribution is 2.36. The average molecular weight is 196 g/mol. The van der Waals surface area contributed by atoms with Crippen molar-refractivity contribution in [3.63, 3.8) is 0 Å². The van der Waals surface area contributed by atoms with Gasteiger partial charge in [-0.3, -0.25) is 0 Å². The fourth-order valence-electron chi connectivity index (χ4n) is 1.32. The minimum atomic E-state index is -0.704. The average Bonchev–Trinajstić information content (AvgIpc) is 2.01. The number of hydrogen-bond acceptors (Lipinski definition) is 1. The highest BCUT2D eigenvalue weighted by molar-refractivity contribution is 5.04.